The molecule has 0 radical (unpaired) electrons. The van der Waals surface area contributed by atoms with Gasteiger partial charge in [-0.15, -0.1) is 0 Å². The topological polar surface area (TPSA) is 83.7 Å². The van der Waals surface area contributed by atoms with Gasteiger partial charge in [0.25, 0.3) is 0 Å². The van der Waals surface area contributed by atoms with Gasteiger partial charge in [0.05, 0.1) is 0 Å². The lowest BCUT2D eigenvalue weighted by Gasteiger charge is -2.35. The number of aryl methyl sites for hydroxylation is 4. The van der Waals surface area contributed by atoms with Crippen molar-refractivity contribution in [3.8, 4) is 0 Å². The van der Waals surface area contributed by atoms with Gasteiger partial charge in [0.15, 0.2) is 10.7 Å². The summed E-state index contributed by atoms with van der Waals surface area (Å²) in [5.74, 6) is 0.194. The predicted octanol–water partition coefficient (Wildman–Crippen LogP) is 5.06. The van der Waals surface area contributed by atoms with Crippen LogP contribution in [0.2, 0.25) is 0 Å². The van der Waals surface area contributed by atoms with E-state index in [0.717, 1.165) is 23.1 Å². The normalized spacial score (nSPS) is 17.2. The van der Waals surface area contributed by atoms with Crippen molar-refractivity contribution in [2.75, 3.05) is 19.6 Å². The Morgan fingerprint density at radius 1 is 0.974 bits per heavy atom. The number of hydrogen-bond acceptors (Lipinski definition) is 5. The average molecular weight is 534 g/mol. The quantitative estimate of drug-likeness (QED) is 0.458. The van der Waals surface area contributed by atoms with Crippen molar-refractivity contribution >= 4 is 28.1 Å². The number of piperidine rings is 1. The zero-order valence-electron chi connectivity index (χ0n) is 22.5. The van der Waals surface area contributed by atoms with Crippen LogP contribution in [0.5, 0.6) is 0 Å². The molecule has 200 valence electrons. The van der Waals surface area contributed by atoms with Crippen molar-refractivity contribution in [1.82, 2.24) is 14.4 Å². The molecule has 0 saturated carbocycles. The summed E-state index contributed by atoms with van der Waals surface area (Å²) >= 11 is 0. The van der Waals surface area contributed by atoms with Crippen LogP contribution in [0.25, 0.3) is 12.2 Å². The summed E-state index contributed by atoms with van der Waals surface area (Å²) in [5.41, 5.74) is 7.29. The molecule has 38 heavy (non-hydrogen) atoms. The SMILES string of the molecule is Cc1cc(C)c(C=Cc2onc(C)c2S(=O)(=O)N2CCC(C(=O)N3CCc4ccccc4C3)CC2)c(C)c1. The molecular formula is C30H35N3O4S. The van der Waals surface area contributed by atoms with Gasteiger partial charge < -0.3 is 9.42 Å². The minimum Gasteiger partial charge on any atom is -0.355 e. The van der Waals surface area contributed by atoms with Crippen LogP contribution in [0.15, 0.2) is 45.8 Å². The Morgan fingerprint density at radius 3 is 2.32 bits per heavy atom. The first-order valence-electron chi connectivity index (χ1n) is 13.2. The number of carbonyl (C=O) groups is 1. The van der Waals surface area contributed by atoms with Gasteiger partial charge in [-0.2, -0.15) is 4.31 Å². The molecule has 3 heterocycles. The molecule has 0 atom stereocenters. The number of rotatable bonds is 5. The molecule has 3 aromatic rings. The number of aromatic nitrogens is 1. The molecular weight excluding hydrogens is 498 g/mol. The fourth-order valence-corrected chi connectivity index (χ4v) is 7.55. The summed E-state index contributed by atoms with van der Waals surface area (Å²) in [5, 5.41) is 3.98. The molecule has 7 nitrogen and oxygen atoms in total. The Balaban J connectivity index is 1.29. The van der Waals surface area contributed by atoms with Crippen LogP contribution in [0.3, 0.4) is 0 Å². The van der Waals surface area contributed by atoms with Crippen molar-refractivity contribution in [3.05, 3.63) is 81.2 Å². The third kappa shape index (κ3) is 5.07. The van der Waals surface area contributed by atoms with Gasteiger partial charge in [0.2, 0.25) is 15.9 Å². The molecule has 5 rings (SSSR count). The molecule has 1 aromatic heterocycles. The van der Waals surface area contributed by atoms with Gasteiger partial charge in [0, 0.05) is 32.1 Å². The first-order chi connectivity index (χ1) is 18.1. The van der Waals surface area contributed by atoms with Crippen LogP contribution in [0, 0.1) is 33.6 Å². The van der Waals surface area contributed by atoms with Gasteiger partial charge in [0.1, 0.15) is 5.69 Å². The number of hydrogen-bond donors (Lipinski definition) is 0. The van der Waals surface area contributed by atoms with Crippen LogP contribution in [0.1, 0.15) is 57.7 Å². The third-order valence-electron chi connectivity index (χ3n) is 7.82. The number of amides is 1. The monoisotopic (exact) mass is 533 g/mol. The molecule has 0 aliphatic carbocycles. The van der Waals surface area contributed by atoms with E-state index in [2.05, 4.69) is 36.3 Å². The van der Waals surface area contributed by atoms with Gasteiger partial charge in [-0.1, -0.05) is 53.2 Å². The molecule has 0 unspecified atom stereocenters. The lowest BCUT2D eigenvalue weighted by molar-refractivity contribution is -0.137. The highest BCUT2D eigenvalue weighted by Crippen LogP contribution is 2.31. The molecule has 2 aromatic carbocycles. The van der Waals surface area contributed by atoms with E-state index in [1.54, 1.807) is 13.0 Å². The number of nitrogens with zero attached hydrogens (tertiary/aromatic N) is 3. The third-order valence-corrected chi connectivity index (χ3v) is 9.87. The Morgan fingerprint density at radius 2 is 1.63 bits per heavy atom. The van der Waals surface area contributed by atoms with Crippen molar-refractivity contribution < 1.29 is 17.7 Å². The molecule has 2 aliphatic rings. The Labute approximate surface area is 225 Å². The standard InChI is InChI=1S/C30H35N3O4S/c1-20-17-21(2)27(22(3)18-20)9-10-28-29(23(4)31-37-28)38(35,36)33-15-12-25(13-16-33)30(34)32-14-11-24-7-5-6-8-26(24)19-32/h5-10,17-18,25H,11-16,19H2,1-4H3. The van der Waals surface area contributed by atoms with Gasteiger partial charge in [-0.25, -0.2) is 8.42 Å². The summed E-state index contributed by atoms with van der Waals surface area (Å²) in [6.45, 7) is 9.72. The highest BCUT2D eigenvalue weighted by atomic mass is 32.2. The van der Waals surface area contributed by atoms with E-state index < -0.39 is 10.0 Å². The van der Waals surface area contributed by atoms with Crippen molar-refractivity contribution in [1.29, 1.82) is 0 Å². The lowest BCUT2D eigenvalue weighted by Crippen LogP contribution is -2.45. The molecule has 2 aliphatic heterocycles. The van der Waals surface area contributed by atoms with Crippen LogP contribution in [0.4, 0.5) is 0 Å². The van der Waals surface area contributed by atoms with E-state index in [-0.39, 0.29) is 22.5 Å². The van der Waals surface area contributed by atoms with Crippen LogP contribution < -0.4 is 0 Å². The van der Waals surface area contributed by atoms with Crippen molar-refractivity contribution in [2.24, 2.45) is 5.92 Å². The molecule has 0 spiro atoms. The average Bonchev–Trinajstić information content (AvgIpc) is 3.28. The Kier molecular flexibility index (Phi) is 7.29. The van der Waals surface area contributed by atoms with E-state index in [1.807, 2.05) is 37.0 Å². The maximum absolute atomic E-state index is 13.7. The summed E-state index contributed by atoms with van der Waals surface area (Å²) in [4.78, 5) is 15.3. The van der Waals surface area contributed by atoms with Gasteiger partial charge in [-0.3, -0.25) is 4.79 Å². The molecule has 0 N–H and O–H groups in total. The van der Waals surface area contributed by atoms with E-state index in [4.69, 9.17) is 4.52 Å². The first-order valence-corrected chi connectivity index (χ1v) is 14.7. The largest absolute Gasteiger partial charge is 0.355 e. The molecule has 8 heteroatoms. The second-order valence-electron chi connectivity index (χ2n) is 10.6. The molecule has 0 bridgehead atoms. The summed E-state index contributed by atoms with van der Waals surface area (Å²) < 4.78 is 34.3. The van der Waals surface area contributed by atoms with E-state index in [1.165, 1.54) is 21.0 Å². The zero-order chi connectivity index (χ0) is 27.0. The summed E-state index contributed by atoms with van der Waals surface area (Å²) in [6, 6.07) is 12.5. The Bertz CT molecular complexity index is 1470. The Hall–Kier alpha value is -3.23. The molecule has 1 fully saturated rings. The molecule has 1 amide bonds. The van der Waals surface area contributed by atoms with Crippen molar-refractivity contribution in [3.63, 3.8) is 0 Å². The number of benzene rings is 2. The smallest absolute Gasteiger partial charge is 0.248 e. The second kappa shape index (κ2) is 10.5. The van der Waals surface area contributed by atoms with E-state index in [9.17, 15) is 13.2 Å². The zero-order valence-corrected chi connectivity index (χ0v) is 23.3. The second-order valence-corrected chi connectivity index (χ2v) is 12.4. The van der Waals surface area contributed by atoms with Crippen LogP contribution in [-0.2, 0) is 27.8 Å². The lowest BCUT2D eigenvalue weighted by atomic mass is 9.94. The fourth-order valence-electron chi connectivity index (χ4n) is 5.83. The van der Waals surface area contributed by atoms with Crippen LogP contribution >= 0.6 is 0 Å². The summed E-state index contributed by atoms with van der Waals surface area (Å²) in [7, 11) is -3.82. The highest BCUT2D eigenvalue weighted by Gasteiger charge is 2.37. The minimum absolute atomic E-state index is 0.105. The van der Waals surface area contributed by atoms with Gasteiger partial charge >= 0.3 is 0 Å². The maximum atomic E-state index is 13.7. The maximum Gasteiger partial charge on any atom is 0.248 e. The van der Waals surface area contributed by atoms with Crippen molar-refractivity contribution in [2.45, 2.75) is 58.4 Å². The fraction of sp³-hybridized carbons (Fsp3) is 0.400. The van der Waals surface area contributed by atoms with Crippen LogP contribution in [-0.4, -0.2) is 48.3 Å². The van der Waals surface area contributed by atoms with E-state index >= 15 is 0 Å². The number of fused-ring (bicyclic) bond motifs is 1. The first kappa shape index (κ1) is 26.4. The van der Waals surface area contributed by atoms with Gasteiger partial charge in [-0.05, 0) is 80.9 Å². The number of sulfonamides is 1. The predicted molar refractivity (Wildman–Crippen MR) is 148 cm³/mol. The molecule has 1 saturated heterocycles. The minimum atomic E-state index is -3.82. The van der Waals surface area contributed by atoms with E-state index in [0.29, 0.717) is 44.7 Å². The highest BCUT2D eigenvalue weighted by molar-refractivity contribution is 7.89. The summed E-state index contributed by atoms with van der Waals surface area (Å²) in [6.07, 6.45) is 5.47. The number of carbonyl (C=O) groups excluding carboxylic acids is 1.